The zero-order chi connectivity index (χ0) is 15.3. The van der Waals surface area contributed by atoms with E-state index in [4.69, 9.17) is 4.99 Å². The molecule has 1 aliphatic rings. The van der Waals surface area contributed by atoms with Crippen LogP contribution in [0.15, 0.2) is 35.3 Å². The number of aryl methyl sites for hydroxylation is 1. The molecule has 0 spiro atoms. The molecule has 2 rings (SSSR count). The molecule has 1 aromatic rings. The normalized spacial score (nSPS) is 17.6. The van der Waals surface area contributed by atoms with Gasteiger partial charge in [-0.2, -0.15) is 0 Å². The molecular weight excluding hydrogens is 276 g/mol. The maximum Gasteiger partial charge on any atom is 0.157 e. The average molecular weight is 305 g/mol. The molecule has 0 amide bonds. The Kier molecular flexibility index (Phi) is 5.37. The maximum absolute atomic E-state index is 4.97. The minimum absolute atomic E-state index is 0.0826. The molecule has 0 fully saturated rings. The molecule has 0 atom stereocenters. The van der Waals surface area contributed by atoms with Gasteiger partial charge in [0, 0.05) is 11.3 Å². The Hall–Kier alpha value is -0.960. The van der Waals surface area contributed by atoms with Crippen molar-refractivity contribution in [2.24, 2.45) is 4.99 Å². The third kappa shape index (κ3) is 4.50. The number of nitrogens with one attached hydrogen (secondary N) is 1. The van der Waals surface area contributed by atoms with Crippen molar-refractivity contribution < 1.29 is 0 Å². The van der Waals surface area contributed by atoms with Gasteiger partial charge in [-0.05, 0) is 45.1 Å². The molecule has 0 bridgehead atoms. The largest absolute Gasteiger partial charge is 0.360 e. The molecule has 0 unspecified atom stereocenters. The molecule has 116 valence electrons. The fourth-order valence-electron chi connectivity index (χ4n) is 2.61. The molecule has 0 aliphatic carbocycles. The van der Waals surface area contributed by atoms with E-state index >= 15 is 0 Å². The maximum atomic E-state index is 4.97. The van der Waals surface area contributed by atoms with Crippen LogP contribution in [-0.4, -0.2) is 22.0 Å². The molecule has 0 saturated heterocycles. The van der Waals surface area contributed by atoms with Crippen molar-refractivity contribution in [2.75, 3.05) is 5.75 Å². The molecule has 1 aliphatic heterocycles. The highest BCUT2D eigenvalue weighted by molar-refractivity contribution is 8.14. The Bertz CT molecular complexity index is 475. The number of benzene rings is 1. The van der Waals surface area contributed by atoms with Crippen LogP contribution in [0.25, 0.3) is 0 Å². The van der Waals surface area contributed by atoms with Gasteiger partial charge in [0.05, 0.1) is 5.54 Å². The van der Waals surface area contributed by atoms with Gasteiger partial charge in [-0.15, -0.1) is 0 Å². The van der Waals surface area contributed by atoms with Crippen molar-refractivity contribution in [2.45, 2.75) is 64.5 Å². The summed E-state index contributed by atoms with van der Waals surface area (Å²) in [6.45, 7) is 9.04. The van der Waals surface area contributed by atoms with Crippen LogP contribution in [-0.2, 0) is 6.42 Å². The Morgan fingerprint density at radius 1 is 1.19 bits per heavy atom. The Balaban J connectivity index is 1.92. The van der Waals surface area contributed by atoms with Gasteiger partial charge in [0.15, 0.2) is 5.17 Å². The molecule has 1 aromatic carbocycles. The number of aliphatic imine (C=N–C) groups is 1. The quantitative estimate of drug-likeness (QED) is 0.827. The van der Waals surface area contributed by atoms with Gasteiger partial charge in [-0.25, -0.2) is 0 Å². The van der Waals surface area contributed by atoms with Gasteiger partial charge in [-0.3, -0.25) is 4.99 Å². The molecule has 1 N–H and O–H groups in total. The first kappa shape index (κ1) is 16.4. The summed E-state index contributed by atoms with van der Waals surface area (Å²) in [6.07, 6.45) is 4.48. The molecule has 1 heterocycles. The second-order valence-corrected chi connectivity index (χ2v) is 7.60. The standard InChI is InChI=1S/C18H28N2S/c1-5-18(6-2)14-21-16(20-18)19-17(3,4)13-12-15-10-8-7-9-11-15/h7-11H,5-6,12-14H2,1-4H3,(H,19,20). The van der Waals surface area contributed by atoms with E-state index < -0.39 is 0 Å². The van der Waals surface area contributed by atoms with Gasteiger partial charge < -0.3 is 5.32 Å². The van der Waals surface area contributed by atoms with E-state index in [-0.39, 0.29) is 11.1 Å². The van der Waals surface area contributed by atoms with E-state index in [0.29, 0.717) is 0 Å². The van der Waals surface area contributed by atoms with E-state index in [1.165, 1.54) is 5.56 Å². The lowest BCUT2D eigenvalue weighted by Gasteiger charge is -2.27. The highest BCUT2D eigenvalue weighted by atomic mass is 32.2. The highest BCUT2D eigenvalue weighted by Crippen LogP contribution is 2.33. The molecule has 0 saturated carbocycles. The summed E-state index contributed by atoms with van der Waals surface area (Å²) < 4.78 is 0. The summed E-state index contributed by atoms with van der Waals surface area (Å²) in [5, 5.41) is 4.80. The summed E-state index contributed by atoms with van der Waals surface area (Å²) in [5.74, 6) is 1.12. The van der Waals surface area contributed by atoms with E-state index in [9.17, 15) is 0 Å². The number of nitrogens with zero attached hydrogens (tertiary/aromatic N) is 1. The Labute approximate surface area is 133 Å². The number of hydrogen-bond donors (Lipinski definition) is 1. The topological polar surface area (TPSA) is 24.4 Å². The van der Waals surface area contributed by atoms with Gasteiger partial charge in [0.2, 0.25) is 0 Å². The lowest BCUT2D eigenvalue weighted by Crippen LogP contribution is -2.42. The highest BCUT2D eigenvalue weighted by Gasteiger charge is 2.33. The Morgan fingerprint density at radius 3 is 2.43 bits per heavy atom. The summed E-state index contributed by atoms with van der Waals surface area (Å²) >= 11 is 1.89. The van der Waals surface area contributed by atoms with Crippen molar-refractivity contribution in [3.63, 3.8) is 0 Å². The van der Waals surface area contributed by atoms with Crippen molar-refractivity contribution in [3.05, 3.63) is 35.9 Å². The smallest absolute Gasteiger partial charge is 0.157 e. The minimum Gasteiger partial charge on any atom is -0.360 e. The Morgan fingerprint density at radius 2 is 1.86 bits per heavy atom. The molecule has 3 heteroatoms. The van der Waals surface area contributed by atoms with Crippen molar-refractivity contribution in [1.82, 2.24) is 5.32 Å². The monoisotopic (exact) mass is 304 g/mol. The zero-order valence-electron chi connectivity index (χ0n) is 13.8. The second-order valence-electron chi connectivity index (χ2n) is 6.63. The summed E-state index contributed by atoms with van der Waals surface area (Å²) in [6, 6.07) is 10.7. The number of hydrogen-bond acceptors (Lipinski definition) is 3. The van der Waals surface area contributed by atoms with Gasteiger partial charge >= 0.3 is 0 Å². The predicted octanol–water partition coefficient (Wildman–Crippen LogP) is 4.65. The van der Waals surface area contributed by atoms with Crippen LogP contribution in [0.3, 0.4) is 0 Å². The van der Waals surface area contributed by atoms with Gasteiger partial charge in [0.1, 0.15) is 0 Å². The SMILES string of the molecule is CCC1(CC)CSC(NC(C)(C)CCc2ccccc2)=N1. The van der Waals surface area contributed by atoms with Crippen LogP contribution in [0.4, 0.5) is 0 Å². The van der Waals surface area contributed by atoms with E-state index in [0.717, 1.165) is 36.6 Å². The number of thioether (sulfide) groups is 1. The van der Waals surface area contributed by atoms with E-state index in [1.54, 1.807) is 0 Å². The second kappa shape index (κ2) is 6.87. The van der Waals surface area contributed by atoms with Crippen LogP contribution in [0.1, 0.15) is 52.5 Å². The molecule has 0 aromatic heterocycles. The van der Waals surface area contributed by atoms with Crippen LogP contribution in [0.2, 0.25) is 0 Å². The van der Waals surface area contributed by atoms with Gasteiger partial charge in [-0.1, -0.05) is 55.9 Å². The first-order valence-corrected chi connectivity index (χ1v) is 9.02. The molecule has 21 heavy (non-hydrogen) atoms. The molecule has 2 nitrogen and oxygen atoms in total. The van der Waals surface area contributed by atoms with E-state index in [1.807, 2.05) is 11.8 Å². The molecular formula is C18H28N2S. The van der Waals surface area contributed by atoms with Crippen molar-refractivity contribution in [1.29, 1.82) is 0 Å². The zero-order valence-corrected chi connectivity index (χ0v) is 14.6. The number of rotatable bonds is 6. The summed E-state index contributed by atoms with van der Waals surface area (Å²) in [5.41, 5.74) is 1.66. The van der Waals surface area contributed by atoms with Crippen molar-refractivity contribution in [3.8, 4) is 0 Å². The third-order valence-corrected chi connectivity index (χ3v) is 5.61. The molecule has 0 radical (unpaired) electrons. The van der Waals surface area contributed by atoms with E-state index in [2.05, 4.69) is 63.3 Å². The van der Waals surface area contributed by atoms with Crippen LogP contribution in [0.5, 0.6) is 0 Å². The lowest BCUT2D eigenvalue weighted by atomic mass is 9.95. The fourth-order valence-corrected chi connectivity index (χ4v) is 4.10. The van der Waals surface area contributed by atoms with Gasteiger partial charge in [0.25, 0.3) is 0 Å². The van der Waals surface area contributed by atoms with Crippen LogP contribution in [0, 0.1) is 0 Å². The minimum atomic E-state index is 0.0826. The average Bonchev–Trinajstić information content (AvgIpc) is 2.89. The first-order valence-electron chi connectivity index (χ1n) is 8.03. The first-order chi connectivity index (χ1) is 9.99. The fraction of sp³-hybridized carbons (Fsp3) is 0.611. The lowest BCUT2D eigenvalue weighted by molar-refractivity contribution is 0.420. The summed E-state index contributed by atoms with van der Waals surface area (Å²) in [7, 11) is 0. The number of amidine groups is 1. The van der Waals surface area contributed by atoms with Crippen LogP contribution < -0.4 is 5.32 Å². The third-order valence-electron chi connectivity index (χ3n) is 4.46. The predicted molar refractivity (Wildman–Crippen MR) is 95.2 cm³/mol. The van der Waals surface area contributed by atoms with Crippen LogP contribution >= 0.6 is 11.8 Å². The van der Waals surface area contributed by atoms with Crippen molar-refractivity contribution >= 4 is 16.9 Å². The summed E-state index contributed by atoms with van der Waals surface area (Å²) in [4.78, 5) is 4.97.